The number of hydrogen-bond acceptors (Lipinski definition) is 3. The van der Waals surface area contributed by atoms with Crippen LogP contribution in [0.1, 0.15) is 36.6 Å². The summed E-state index contributed by atoms with van der Waals surface area (Å²) in [6.45, 7) is 5.44. The summed E-state index contributed by atoms with van der Waals surface area (Å²) in [5.41, 5.74) is 3.79. The van der Waals surface area contributed by atoms with E-state index in [1.54, 1.807) is 13.3 Å². The molecule has 1 atom stereocenters. The van der Waals surface area contributed by atoms with Gasteiger partial charge in [-0.1, -0.05) is 18.2 Å². The Hall–Kier alpha value is -2.40. The number of likely N-dealkylation sites (tertiary alicyclic amines) is 1. The van der Waals surface area contributed by atoms with Crippen molar-refractivity contribution in [1.29, 1.82) is 0 Å². The lowest BCUT2D eigenvalue weighted by Gasteiger charge is -2.39. The number of pyridine rings is 1. The zero-order chi connectivity index (χ0) is 18.6. The first-order chi connectivity index (χ1) is 12.5. The maximum atomic E-state index is 12.7. The van der Waals surface area contributed by atoms with Crippen LogP contribution in [0.15, 0.2) is 42.6 Å². The van der Waals surface area contributed by atoms with Gasteiger partial charge in [-0.05, 0) is 56.0 Å². The van der Waals surface area contributed by atoms with Gasteiger partial charge in [-0.3, -0.25) is 4.98 Å². The molecule has 1 saturated heterocycles. The molecule has 1 aliphatic heterocycles. The number of carbonyl (C=O) groups excluding carboxylic acids is 1. The number of anilines is 1. The molecule has 1 aliphatic rings. The smallest absolute Gasteiger partial charge is 0.321 e. The van der Waals surface area contributed by atoms with Crippen molar-refractivity contribution in [3.8, 4) is 0 Å². The van der Waals surface area contributed by atoms with Crippen LogP contribution in [0.5, 0.6) is 0 Å². The van der Waals surface area contributed by atoms with Gasteiger partial charge in [-0.2, -0.15) is 0 Å². The van der Waals surface area contributed by atoms with E-state index in [2.05, 4.69) is 23.3 Å². The van der Waals surface area contributed by atoms with E-state index >= 15 is 0 Å². The van der Waals surface area contributed by atoms with Gasteiger partial charge in [0.25, 0.3) is 0 Å². The van der Waals surface area contributed by atoms with E-state index in [1.807, 2.05) is 42.2 Å². The standard InChI is InChI=1S/C21H27N3O2/c1-16-8-9-17(13-18-7-4-5-11-22-18)14-19(16)23-20(25)24-12-6-10-21(2,15-24)26-3/h4-5,7-9,11,14H,6,10,12-13,15H2,1-3H3,(H,23,25). The molecule has 26 heavy (non-hydrogen) atoms. The highest BCUT2D eigenvalue weighted by atomic mass is 16.5. The Labute approximate surface area is 155 Å². The van der Waals surface area contributed by atoms with Gasteiger partial charge >= 0.3 is 6.03 Å². The average Bonchev–Trinajstić information content (AvgIpc) is 2.65. The number of piperidine rings is 1. The third-order valence-corrected chi connectivity index (χ3v) is 5.09. The fourth-order valence-electron chi connectivity index (χ4n) is 3.37. The van der Waals surface area contributed by atoms with Crippen LogP contribution in [0.4, 0.5) is 10.5 Å². The van der Waals surface area contributed by atoms with Gasteiger partial charge in [0.05, 0.1) is 12.1 Å². The number of aryl methyl sites for hydroxylation is 1. The molecule has 3 rings (SSSR count). The fraction of sp³-hybridized carbons (Fsp3) is 0.429. The molecule has 2 heterocycles. The largest absolute Gasteiger partial charge is 0.377 e. The summed E-state index contributed by atoms with van der Waals surface area (Å²) in [7, 11) is 1.71. The number of hydrogen-bond donors (Lipinski definition) is 1. The molecule has 5 nitrogen and oxygen atoms in total. The van der Waals surface area contributed by atoms with Crippen molar-refractivity contribution in [2.45, 2.75) is 38.7 Å². The lowest BCUT2D eigenvalue weighted by Crippen LogP contribution is -2.50. The molecule has 1 fully saturated rings. The maximum Gasteiger partial charge on any atom is 0.321 e. The van der Waals surface area contributed by atoms with E-state index < -0.39 is 0 Å². The minimum Gasteiger partial charge on any atom is -0.377 e. The van der Waals surface area contributed by atoms with Gasteiger partial charge in [0.1, 0.15) is 0 Å². The van der Waals surface area contributed by atoms with Crippen molar-refractivity contribution in [1.82, 2.24) is 9.88 Å². The van der Waals surface area contributed by atoms with Crippen LogP contribution in [0, 0.1) is 6.92 Å². The average molecular weight is 353 g/mol. The Morgan fingerprint density at radius 3 is 2.92 bits per heavy atom. The second-order valence-electron chi connectivity index (χ2n) is 7.26. The van der Waals surface area contributed by atoms with Gasteiger partial charge in [0, 0.05) is 37.7 Å². The topological polar surface area (TPSA) is 54.5 Å². The molecular formula is C21H27N3O2. The second kappa shape index (κ2) is 7.87. The summed E-state index contributed by atoms with van der Waals surface area (Å²) in [5.74, 6) is 0. The number of urea groups is 1. The molecule has 0 spiro atoms. The number of benzene rings is 1. The van der Waals surface area contributed by atoms with Gasteiger partial charge in [0.2, 0.25) is 0 Å². The minimum atomic E-state index is -0.258. The SMILES string of the molecule is COC1(C)CCCN(C(=O)Nc2cc(Cc3ccccn3)ccc2C)C1. The lowest BCUT2D eigenvalue weighted by atomic mass is 9.95. The molecule has 0 aliphatic carbocycles. The van der Waals surface area contributed by atoms with Gasteiger partial charge in [-0.15, -0.1) is 0 Å². The van der Waals surface area contributed by atoms with Crippen LogP contribution in [0.3, 0.4) is 0 Å². The van der Waals surface area contributed by atoms with E-state index in [1.165, 1.54) is 0 Å². The Kier molecular flexibility index (Phi) is 5.57. The van der Waals surface area contributed by atoms with Crippen LogP contribution in [-0.4, -0.2) is 41.7 Å². The number of nitrogens with zero attached hydrogens (tertiary/aromatic N) is 2. The van der Waals surface area contributed by atoms with Crippen LogP contribution < -0.4 is 5.32 Å². The number of nitrogens with one attached hydrogen (secondary N) is 1. The van der Waals surface area contributed by atoms with E-state index in [-0.39, 0.29) is 11.6 Å². The van der Waals surface area contributed by atoms with Crippen LogP contribution >= 0.6 is 0 Å². The molecule has 1 aromatic heterocycles. The van der Waals surface area contributed by atoms with Crippen molar-refractivity contribution >= 4 is 11.7 Å². The van der Waals surface area contributed by atoms with Gasteiger partial charge in [-0.25, -0.2) is 4.79 Å². The first kappa shape index (κ1) is 18.4. The molecule has 2 aromatic rings. The van der Waals surface area contributed by atoms with Crippen molar-refractivity contribution < 1.29 is 9.53 Å². The third-order valence-electron chi connectivity index (χ3n) is 5.09. The predicted octanol–water partition coefficient (Wildman–Crippen LogP) is 4.01. The normalized spacial score (nSPS) is 20.0. The van der Waals surface area contributed by atoms with E-state index in [0.29, 0.717) is 6.54 Å². The molecule has 1 aromatic carbocycles. The highest BCUT2D eigenvalue weighted by Gasteiger charge is 2.33. The first-order valence-corrected chi connectivity index (χ1v) is 9.10. The maximum absolute atomic E-state index is 12.7. The van der Waals surface area contributed by atoms with Gasteiger partial charge < -0.3 is 15.0 Å². The van der Waals surface area contributed by atoms with Crippen molar-refractivity contribution in [2.75, 3.05) is 25.5 Å². The third kappa shape index (κ3) is 4.41. The molecule has 5 heteroatoms. The first-order valence-electron chi connectivity index (χ1n) is 9.10. The van der Waals surface area contributed by atoms with E-state index in [4.69, 9.17) is 4.74 Å². The highest BCUT2D eigenvalue weighted by molar-refractivity contribution is 5.90. The quantitative estimate of drug-likeness (QED) is 0.903. The zero-order valence-corrected chi connectivity index (χ0v) is 15.8. The van der Waals surface area contributed by atoms with Crippen LogP contribution in [0.2, 0.25) is 0 Å². The van der Waals surface area contributed by atoms with Crippen molar-refractivity contribution in [3.05, 3.63) is 59.4 Å². The molecule has 1 unspecified atom stereocenters. The van der Waals surface area contributed by atoms with Crippen LogP contribution in [-0.2, 0) is 11.2 Å². The Morgan fingerprint density at radius 1 is 1.35 bits per heavy atom. The molecule has 0 radical (unpaired) electrons. The molecular weight excluding hydrogens is 326 g/mol. The molecule has 2 amide bonds. The summed E-state index contributed by atoms with van der Waals surface area (Å²) < 4.78 is 5.59. The molecule has 1 N–H and O–H groups in total. The summed E-state index contributed by atoms with van der Waals surface area (Å²) in [5, 5.41) is 3.08. The number of aromatic nitrogens is 1. The fourth-order valence-corrected chi connectivity index (χ4v) is 3.37. The summed E-state index contributed by atoms with van der Waals surface area (Å²) in [6, 6.07) is 12.0. The van der Waals surface area contributed by atoms with Crippen LogP contribution in [0.25, 0.3) is 0 Å². The molecule has 138 valence electrons. The number of methoxy groups -OCH3 is 1. The second-order valence-corrected chi connectivity index (χ2v) is 7.26. The monoisotopic (exact) mass is 353 g/mol. The van der Waals surface area contributed by atoms with E-state index in [0.717, 1.165) is 48.3 Å². The molecule has 0 bridgehead atoms. The molecule has 0 saturated carbocycles. The number of ether oxygens (including phenoxy) is 1. The lowest BCUT2D eigenvalue weighted by molar-refractivity contribution is -0.0389. The summed E-state index contributed by atoms with van der Waals surface area (Å²) in [4.78, 5) is 19.0. The van der Waals surface area contributed by atoms with Crippen molar-refractivity contribution in [2.24, 2.45) is 0 Å². The van der Waals surface area contributed by atoms with Gasteiger partial charge in [0.15, 0.2) is 0 Å². The predicted molar refractivity (Wildman–Crippen MR) is 103 cm³/mol. The number of rotatable bonds is 4. The number of carbonyl (C=O) groups is 1. The zero-order valence-electron chi connectivity index (χ0n) is 15.8. The Balaban J connectivity index is 1.70. The Bertz CT molecular complexity index is 763. The Morgan fingerprint density at radius 2 is 2.19 bits per heavy atom. The summed E-state index contributed by atoms with van der Waals surface area (Å²) in [6.07, 6.45) is 4.48. The minimum absolute atomic E-state index is 0.0638. The summed E-state index contributed by atoms with van der Waals surface area (Å²) >= 11 is 0. The van der Waals surface area contributed by atoms with E-state index in [9.17, 15) is 4.79 Å². The number of amides is 2. The van der Waals surface area contributed by atoms with Crippen molar-refractivity contribution in [3.63, 3.8) is 0 Å². The highest BCUT2D eigenvalue weighted by Crippen LogP contribution is 2.25.